The summed E-state index contributed by atoms with van der Waals surface area (Å²) in [5.74, 6) is 0.882. The van der Waals surface area contributed by atoms with E-state index in [0.717, 1.165) is 16.8 Å². The average Bonchev–Trinajstić information content (AvgIpc) is 2.49. The first kappa shape index (κ1) is 11.5. The van der Waals surface area contributed by atoms with Gasteiger partial charge in [0.15, 0.2) is 0 Å². The fourth-order valence-corrected chi connectivity index (χ4v) is 1.36. The minimum Gasteiger partial charge on any atom is -0.464 e. The van der Waals surface area contributed by atoms with E-state index in [2.05, 4.69) is 42.0 Å². The molecule has 3 heteroatoms. The molecule has 1 N–H and O–H groups in total. The van der Waals surface area contributed by atoms with Gasteiger partial charge >= 0.3 is 0 Å². The van der Waals surface area contributed by atoms with Crippen LogP contribution in [-0.4, -0.2) is 12.6 Å². The van der Waals surface area contributed by atoms with E-state index in [0.29, 0.717) is 6.04 Å². The summed E-state index contributed by atoms with van der Waals surface area (Å²) >= 11 is 3.42. The molecule has 0 amide bonds. The Labute approximate surface area is 93.5 Å². The van der Waals surface area contributed by atoms with Crippen LogP contribution >= 0.6 is 15.9 Å². The molecule has 78 valence electrons. The van der Waals surface area contributed by atoms with Crippen LogP contribution in [0.4, 0.5) is 0 Å². The van der Waals surface area contributed by atoms with Crippen LogP contribution in [-0.2, 0) is 0 Å². The highest BCUT2D eigenvalue weighted by Gasteiger charge is 2.00. The Morgan fingerprint density at radius 3 is 2.86 bits per heavy atom. The maximum absolute atomic E-state index is 5.29. The van der Waals surface area contributed by atoms with E-state index in [4.69, 9.17) is 4.42 Å². The second-order valence-corrected chi connectivity index (χ2v) is 4.51. The smallest absolute Gasteiger partial charge is 0.140 e. The van der Waals surface area contributed by atoms with E-state index in [-0.39, 0.29) is 0 Å². The van der Waals surface area contributed by atoms with Crippen molar-refractivity contribution in [1.29, 1.82) is 0 Å². The summed E-state index contributed by atoms with van der Waals surface area (Å²) in [5.41, 5.74) is 1.26. The fourth-order valence-electron chi connectivity index (χ4n) is 1.05. The second-order valence-electron chi connectivity index (χ2n) is 3.66. The Balaban J connectivity index is 2.56. The number of furan rings is 1. The Morgan fingerprint density at radius 1 is 1.64 bits per heavy atom. The molecule has 0 radical (unpaired) electrons. The van der Waals surface area contributed by atoms with E-state index in [1.807, 2.05) is 12.1 Å². The lowest BCUT2D eigenvalue weighted by atomic mass is 10.2. The maximum atomic E-state index is 5.29. The van der Waals surface area contributed by atoms with E-state index < -0.39 is 0 Å². The van der Waals surface area contributed by atoms with E-state index >= 15 is 0 Å². The third-order valence-corrected chi connectivity index (χ3v) is 2.47. The van der Waals surface area contributed by atoms with Crippen molar-refractivity contribution in [3.63, 3.8) is 0 Å². The molecule has 1 heterocycles. The molecule has 0 aliphatic carbocycles. The molecule has 1 rings (SSSR count). The summed E-state index contributed by atoms with van der Waals surface area (Å²) in [4.78, 5) is 0. The summed E-state index contributed by atoms with van der Waals surface area (Å²) in [6.45, 7) is 7.25. The van der Waals surface area contributed by atoms with Crippen LogP contribution < -0.4 is 5.32 Å². The molecule has 0 bridgehead atoms. The van der Waals surface area contributed by atoms with E-state index in [9.17, 15) is 0 Å². The zero-order valence-corrected chi connectivity index (χ0v) is 10.4. The Kier molecular flexibility index (Phi) is 4.42. The normalized spacial score (nSPS) is 12.5. The van der Waals surface area contributed by atoms with Gasteiger partial charge in [0.2, 0.25) is 0 Å². The van der Waals surface area contributed by atoms with Crippen LogP contribution in [0.3, 0.4) is 0 Å². The van der Waals surface area contributed by atoms with Crippen LogP contribution in [0.25, 0.3) is 6.08 Å². The predicted molar refractivity (Wildman–Crippen MR) is 63.2 cm³/mol. The van der Waals surface area contributed by atoms with E-state index in [1.54, 1.807) is 6.26 Å². The Morgan fingerprint density at radius 2 is 2.36 bits per heavy atom. The standard InChI is InChI=1S/C11H16BrNO/c1-8(2)13-7-9(3)6-11-10(12)4-5-14-11/h4-6,8,13H,7H2,1-3H3/b9-6+. The Hall–Kier alpha value is -0.540. The van der Waals surface area contributed by atoms with Crippen LogP contribution in [0.15, 0.2) is 26.8 Å². The predicted octanol–water partition coefficient (Wildman–Crippen LogP) is 3.44. The fraction of sp³-hybridized carbons (Fsp3) is 0.455. The highest BCUT2D eigenvalue weighted by Crippen LogP contribution is 2.20. The summed E-state index contributed by atoms with van der Waals surface area (Å²) in [7, 11) is 0. The van der Waals surface area contributed by atoms with Gasteiger partial charge in [0.25, 0.3) is 0 Å². The highest BCUT2D eigenvalue weighted by molar-refractivity contribution is 9.10. The molecule has 0 aromatic carbocycles. The second kappa shape index (κ2) is 5.37. The first-order chi connectivity index (χ1) is 6.59. The van der Waals surface area contributed by atoms with Crippen molar-refractivity contribution < 1.29 is 4.42 Å². The number of hydrogen-bond acceptors (Lipinski definition) is 2. The summed E-state index contributed by atoms with van der Waals surface area (Å²) in [5, 5.41) is 3.35. The van der Waals surface area contributed by atoms with Crippen molar-refractivity contribution in [1.82, 2.24) is 5.32 Å². The largest absolute Gasteiger partial charge is 0.464 e. The zero-order chi connectivity index (χ0) is 10.6. The lowest BCUT2D eigenvalue weighted by molar-refractivity contribution is 0.554. The molecule has 2 nitrogen and oxygen atoms in total. The van der Waals surface area contributed by atoms with Crippen LogP contribution in [0, 0.1) is 0 Å². The van der Waals surface area contributed by atoms with Gasteiger partial charge in [-0.05, 0) is 35.0 Å². The number of halogens is 1. The van der Waals surface area contributed by atoms with Crippen molar-refractivity contribution >= 4 is 22.0 Å². The molecule has 0 saturated heterocycles. The topological polar surface area (TPSA) is 25.2 Å². The molecule has 0 atom stereocenters. The molecule has 1 aromatic rings. The molecule has 0 spiro atoms. The van der Waals surface area contributed by atoms with Crippen LogP contribution in [0.2, 0.25) is 0 Å². The number of hydrogen-bond donors (Lipinski definition) is 1. The average molecular weight is 258 g/mol. The van der Waals surface area contributed by atoms with Crippen molar-refractivity contribution in [2.75, 3.05) is 6.54 Å². The molecular weight excluding hydrogens is 242 g/mol. The van der Waals surface area contributed by atoms with Crippen molar-refractivity contribution in [3.05, 3.63) is 28.1 Å². The Bertz CT molecular complexity index is 315. The van der Waals surface area contributed by atoms with Gasteiger partial charge < -0.3 is 9.73 Å². The first-order valence-electron chi connectivity index (χ1n) is 4.73. The van der Waals surface area contributed by atoms with Gasteiger partial charge in [0.1, 0.15) is 5.76 Å². The van der Waals surface area contributed by atoms with Crippen LogP contribution in [0.5, 0.6) is 0 Å². The molecule has 0 aliphatic heterocycles. The van der Waals surface area contributed by atoms with Crippen molar-refractivity contribution in [2.24, 2.45) is 0 Å². The van der Waals surface area contributed by atoms with Gasteiger partial charge in [0.05, 0.1) is 10.7 Å². The molecular formula is C11H16BrNO. The van der Waals surface area contributed by atoms with E-state index in [1.165, 1.54) is 5.57 Å². The number of rotatable bonds is 4. The third-order valence-electron chi connectivity index (χ3n) is 1.81. The van der Waals surface area contributed by atoms with Crippen molar-refractivity contribution in [2.45, 2.75) is 26.8 Å². The molecule has 0 fully saturated rings. The zero-order valence-electron chi connectivity index (χ0n) is 8.80. The monoisotopic (exact) mass is 257 g/mol. The lowest BCUT2D eigenvalue weighted by Crippen LogP contribution is -2.24. The quantitative estimate of drug-likeness (QED) is 0.894. The lowest BCUT2D eigenvalue weighted by Gasteiger charge is -2.07. The molecule has 0 aliphatic rings. The third kappa shape index (κ3) is 3.68. The molecule has 0 unspecified atom stereocenters. The SMILES string of the molecule is C/C(=C\c1occc1Br)CNC(C)C. The minimum absolute atomic E-state index is 0.512. The van der Waals surface area contributed by atoms with Gasteiger partial charge in [-0.25, -0.2) is 0 Å². The van der Waals surface area contributed by atoms with Crippen molar-refractivity contribution in [3.8, 4) is 0 Å². The van der Waals surface area contributed by atoms with Gasteiger partial charge in [-0.3, -0.25) is 0 Å². The van der Waals surface area contributed by atoms with Gasteiger partial charge in [-0.2, -0.15) is 0 Å². The molecule has 1 aromatic heterocycles. The highest BCUT2D eigenvalue weighted by atomic mass is 79.9. The first-order valence-corrected chi connectivity index (χ1v) is 5.52. The molecule has 0 saturated carbocycles. The van der Waals surface area contributed by atoms with Gasteiger partial charge in [-0.15, -0.1) is 0 Å². The van der Waals surface area contributed by atoms with Gasteiger partial charge in [-0.1, -0.05) is 19.4 Å². The number of nitrogens with one attached hydrogen (secondary N) is 1. The summed E-state index contributed by atoms with van der Waals surface area (Å²) in [6, 6.07) is 2.41. The van der Waals surface area contributed by atoms with Crippen LogP contribution in [0.1, 0.15) is 26.5 Å². The van der Waals surface area contributed by atoms with Gasteiger partial charge in [0, 0.05) is 12.6 Å². The summed E-state index contributed by atoms with van der Waals surface area (Å²) in [6.07, 6.45) is 3.72. The molecule has 14 heavy (non-hydrogen) atoms. The summed E-state index contributed by atoms with van der Waals surface area (Å²) < 4.78 is 6.29. The minimum atomic E-state index is 0.512. The maximum Gasteiger partial charge on any atom is 0.140 e.